The average molecular weight is 181 g/mol. The van der Waals surface area contributed by atoms with Crippen LogP contribution in [0.25, 0.3) is 0 Å². The fourth-order valence-corrected chi connectivity index (χ4v) is 0.984. The maximum absolute atomic E-state index is 9.10. The van der Waals surface area contributed by atoms with Crippen LogP contribution in [-0.2, 0) is 0 Å². The van der Waals surface area contributed by atoms with E-state index in [9.17, 15) is 0 Å². The van der Waals surface area contributed by atoms with Crippen LogP contribution < -0.4 is 5.73 Å². The molecule has 4 heteroatoms. The molecule has 0 amide bonds. The van der Waals surface area contributed by atoms with Crippen LogP contribution in [0.3, 0.4) is 0 Å². The van der Waals surface area contributed by atoms with Crippen LogP contribution in [0.4, 0.5) is 0 Å². The highest BCUT2D eigenvalue weighted by atomic mass is 16.3. The molecule has 0 saturated carbocycles. The fourth-order valence-electron chi connectivity index (χ4n) is 0.984. The van der Waals surface area contributed by atoms with Crippen LogP contribution in [0.15, 0.2) is 18.6 Å². The number of aliphatic hydroxyl groups is 1. The normalized spacial score (nSPS) is 14.2. The highest BCUT2D eigenvalue weighted by molar-refractivity contribution is 5.07. The van der Waals surface area contributed by atoms with E-state index in [2.05, 4.69) is 9.97 Å². The Morgan fingerprint density at radius 2 is 2.31 bits per heavy atom. The van der Waals surface area contributed by atoms with Crippen molar-refractivity contribution in [3.8, 4) is 0 Å². The Morgan fingerprint density at radius 1 is 1.62 bits per heavy atom. The molecule has 13 heavy (non-hydrogen) atoms. The van der Waals surface area contributed by atoms with Gasteiger partial charge in [-0.1, -0.05) is 13.8 Å². The van der Waals surface area contributed by atoms with Crippen molar-refractivity contribution in [3.63, 3.8) is 0 Å². The van der Waals surface area contributed by atoms with Crippen molar-refractivity contribution in [2.75, 3.05) is 6.61 Å². The summed E-state index contributed by atoms with van der Waals surface area (Å²) in [4.78, 5) is 7.85. The molecule has 0 radical (unpaired) electrons. The largest absolute Gasteiger partial charge is 0.396 e. The summed E-state index contributed by atoms with van der Waals surface area (Å²) < 4.78 is 0. The summed E-state index contributed by atoms with van der Waals surface area (Å²) in [7, 11) is 0. The molecule has 4 nitrogen and oxygen atoms in total. The van der Waals surface area contributed by atoms with E-state index in [-0.39, 0.29) is 18.1 Å². The van der Waals surface area contributed by atoms with Gasteiger partial charge in [-0.25, -0.2) is 9.97 Å². The molecule has 0 spiro atoms. The number of aliphatic hydroxyl groups excluding tert-OH is 1. The minimum Gasteiger partial charge on any atom is -0.396 e. The van der Waals surface area contributed by atoms with Crippen molar-refractivity contribution in [1.82, 2.24) is 9.97 Å². The monoisotopic (exact) mass is 181 g/mol. The molecule has 1 rings (SSSR count). The zero-order chi connectivity index (χ0) is 9.90. The molecular weight excluding hydrogens is 166 g/mol. The van der Waals surface area contributed by atoms with E-state index < -0.39 is 0 Å². The lowest BCUT2D eigenvalue weighted by Crippen LogP contribution is -2.33. The molecule has 0 aromatic carbocycles. The van der Waals surface area contributed by atoms with Gasteiger partial charge in [-0.05, 0) is 6.07 Å². The fraction of sp³-hybridized carbons (Fsp3) is 0.556. The Hall–Kier alpha value is -1.00. The molecule has 0 aliphatic rings. The zero-order valence-corrected chi connectivity index (χ0v) is 7.94. The highest BCUT2D eigenvalue weighted by Crippen LogP contribution is 2.28. The van der Waals surface area contributed by atoms with E-state index >= 15 is 0 Å². The maximum atomic E-state index is 9.10. The number of nitrogens with zero attached hydrogens (tertiary/aromatic N) is 2. The Balaban J connectivity index is 2.85. The molecule has 1 aromatic rings. The van der Waals surface area contributed by atoms with E-state index in [0.29, 0.717) is 0 Å². The van der Waals surface area contributed by atoms with E-state index in [1.54, 1.807) is 12.3 Å². The second-order valence-electron chi connectivity index (χ2n) is 3.76. The lowest BCUT2D eigenvalue weighted by Gasteiger charge is -2.28. The zero-order valence-electron chi connectivity index (χ0n) is 7.94. The summed E-state index contributed by atoms with van der Waals surface area (Å²) >= 11 is 0. The SMILES string of the molecule is CC(C)(CO)C(N)c1ccncn1. The van der Waals surface area contributed by atoms with Crippen LogP contribution >= 0.6 is 0 Å². The quantitative estimate of drug-likeness (QED) is 0.712. The van der Waals surface area contributed by atoms with Crippen LogP contribution in [0.1, 0.15) is 25.6 Å². The van der Waals surface area contributed by atoms with Gasteiger partial charge in [0.15, 0.2) is 0 Å². The van der Waals surface area contributed by atoms with Crippen molar-refractivity contribution < 1.29 is 5.11 Å². The molecule has 72 valence electrons. The predicted octanol–water partition coefficient (Wildman–Crippen LogP) is 0.495. The molecule has 1 aromatic heterocycles. The number of nitrogens with two attached hydrogens (primary N) is 1. The smallest absolute Gasteiger partial charge is 0.115 e. The van der Waals surface area contributed by atoms with Crippen LogP contribution in [0.2, 0.25) is 0 Å². The first-order chi connectivity index (χ1) is 6.08. The van der Waals surface area contributed by atoms with Gasteiger partial charge in [0.2, 0.25) is 0 Å². The first-order valence-corrected chi connectivity index (χ1v) is 4.20. The van der Waals surface area contributed by atoms with E-state index in [0.717, 1.165) is 5.69 Å². The van der Waals surface area contributed by atoms with E-state index in [4.69, 9.17) is 10.8 Å². The Kier molecular flexibility index (Phi) is 2.95. The van der Waals surface area contributed by atoms with Gasteiger partial charge in [0.05, 0.1) is 18.3 Å². The summed E-state index contributed by atoms with van der Waals surface area (Å²) in [6.07, 6.45) is 3.11. The Morgan fingerprint density at radius 3 is 2.77 bits per heavy atom. The summed E-state index contributed by atoms with van der Waals surface area (Å²) in [6, 6.07) is 1.50. The van der Waals surface area contributed by atoms with Crippen LogP contribution in [0, 0.1) is 5.41 Å². The van der Waals surface area contributed by atoms with E-state index in [1.807, 2.05) is 13.8 Å². The van der Waals surface area contributed by atoms with Gasteiger partial charge < -0.3 is 10.8 Å². The topological polar surface area (TPSA) is 72.0 Å². The van der Waals surface area contributed by atoms with Gasteiger partial charge in [0.25, 0.3) is 0 Å². The van der Waals surface area contributed by atoms with Crippen molar-refractivity contribution in [2.45, 2.75) is 19.9 Å². The molecule has 0 bridgehead atoms. The van der Waals surface area contributed by atoms with Gasteiger partial charge in [0, 0.05) is 11.6 Å². The van der Waals surface area contributed by atoms with Crippen LogP contribution in [0.5, 0.6) is 0 Å². The maximum Gasteiger partial charge on any atom is 0.115 e. The van der Waals surface area contributed by atoms with Crippen molar-refractivity contribution in [2.24, 2.45) is 11.1 Å². The van der Waals surface area contributed by atoms with Gasteiger partial charge in [0.1, 0.15) is 6.33 Å². The molecular formula is C9H15N3O. The number of hydrogen-bond donors (Lipinski definition) is 2. The average Bonchev–Trinajstić information content (AvgIpc) is 2.18. The van der Waals surface area contributed by atoms with Crippen molar-refractivity contribution >= 4 is 0 Å². The number of rotatable bonds is 3. The molecule has 1 atom stereocenters. The number of hydrogen-bond acceptors (Lipinski definition) is 4. The minimum absolute atomic E-state index is 0.0399. The summed E-state index contributed by atoms with van der Waals surface area (Å²) in [6.45, 7) is 3.84. The highest BCUT2D eigenvalue weighted by Gasteiger charge is 2.27. The first-order valence-electron chi connectivity index (χ1n) is 4.20. The summed E-state index contributed by atoms with van der Waals surface area (Å²) in [5.74, 6) is 0. The Labute approximate surface area is 77.8 Å². The summed E-state index contributed by atoms with van der Waals surface area (Å²) in [5.41, 5.74) is 6.34. The first kappa shape index (κ1) is 10.1. The third kappa shape index (κ3) is 2.23. The predicted molar refractivity (Wildman–Crippen MR) is 49.8 cm³/mol. The third-order valence-electron chi connectivity index (χ3n) is 2.17. The molecule has 0 fully saturated rings. The molecule has 0 saturated heterocycles. The molecule has 1 unspecified atom stereocenters. The standard InChI is InChI=1S/C9H15N3O/c1-9(2,5-13)8(10)7-3-4-11-6-12-7/h3-4,6,8,13H,5,10H2,1-2H3. The van der Waals surface area contributed by atoms with Gasteiger partial charge in [-0.3, -0.25) is 0 Å². The lowest BCUT2D eigenvalue weighted by atomic mass is 9.84. The van der Waals surface area contributed by atoms with Crippen molar-refractivity contribution in [1.29, 1.82) is 0 Å². The second-order valence-corrected chi connectivity index (χ2v) is 3.76. The molecule has 3 N–H and O–H groups in total. The molecule has 0 aliphatic carbocycles. The third-order valence-corrected chi connectivity index (χ3v) is 2.17. The summed E-state index contributed by atoms with van der Waals surface area (Å²) in [5, 5.41) is 9.10. The molecule has 0 aliphatic heterocycles. The van der Waals surface area contributed by atoms with Gasteiger partial charge in [-0.15, -0.1) is 0 Å². The van der Waals surface area contributed by atoms with Gasteiger partial charge in [-0.2, -0.15) is 0 Å². The lowest BCUT2D eigenvalue weighted by molar-refractivity contribution is 0.130. The van der Waals surface area contributed by atoms with Crippen LogP contribution in [-0.4, -0.2) is 21.7 Å². The van der Waals surface area contributed by atoms with E-state index in [1.165, 1.54) is 6.33 Å². The second kappa shape index (κ2) is 3.81. The Bertz CT molecular complexity index is 261. The minimum atomic E-state index is -0.353. The molecule has 1 heterocycles. The van der Waals surface area contributed by atoms with Crippen molar-refractivity contribution in [3.05, 3.63) is 24.3 Å². The number of aromatic nitrogens is 2. The van der Waals surface area contributed by atoms with Gasteiger partial charge >= 0.3 is 0 Å².